The summed E-state index contributed by atoms with van der Waals surface area (Å²) in [5.41, 5.74) is 17.6. The fraction of sp³-hybridized carbons (Fsp3) is 0.113. The highest BCUT2D eigenvalue weighted by Gasteiger charge is 2.29. The molecule has 0 amide bonds. The van der Waals surface area contributed by atoms with E-state index in [1.54, 1.807) is 0 Å². The van der Waals surface area contributed by atoms with E-state index in [1.807, 2.05) is 11.3 Å². The third-order valence-electron chi connectivity index (χ3n) is 12.4. The van der Waals surface area contributed by atoms with Crippen LogP contribution in [0, 0.1) is 41.5 Å². The first-order valence-corrected chi connectivity index (χ1v) is 20.8. The molecule has 0 bridgehead atoms. The highest BCUT2D eigenvalue weighted by Crippen LogP contribution is 2.43. The molecule has 0 saturated heterocycles. The molecule has 0 spiro atoms. The van der Waals surface area contributed by atoms with Gasteiger partial charge in [-0.1, -0.05) is 159 Å². The molecule has 0 saturated carbocycles. The second kappa shape index (κ2) is 12.6. The van der Waals surface area contributed by atoms with E-state index in [2.05, 4.69) is 185 Å². The Morgan fingerprint density at radius 2 is 1.05 bits per heavy atom. The molecule has 2 nitrogen and oxygen atoms in total. The third kappa shape index (κ3) is 5.27. The summed E-state index contributed by atoms with van der Waals surface area (Å²) in [6.45, 7) is 13.7. The van der Waals surface area contributed by atoms with Gasteiger partial charge in [0.05, 0.1) is 21.4 Å². The van der Waals surface area contributed by atoms with Gasteiger partial charge in [0.1, 0.15) is 0 Å². The van der Waals surface area contributed by atoms with Crippen LogP contribution in [0.4, 0.5) is 0 Å². The smallest absolute Gasteiger partial charge is 0.242 e. The van der Waals surface area contributed by atoms with Gasteiger partial charge in [-0.15, -0.1) is 11.3 Å². The van der Waals surface area contributed by atoms with Crippen LogP contribution in [-0.2, 0) is 0 Å². The second-order valence-electron chi connectivity index (χ2n) is 16.4. The quantitative estimate of drug-likeness (QED) is 0.129. The van der Waals surface area contributed by atoms with Crippen molar-refractivity contribution < 1.29 is 0 Å². The van der Waals surface area contributed by atoms with E-state index in [0.717, 1.165) is 22.4 Å². The lowest BCUT2D eigenvalue weighted by atomic mass is 9.34. The lowest BCUT2D eigenvalue weighted by Gasteiger charge is -2.25. The van der Waals surface area contributed by atoms with E-state index in [4.69, 9.17) is 4.98 Å². The normalized spacial score (nSPS) is 12.0. The maximum absolute atomic E-state index is 5.49. The van der Waals surface area contributed by atoms with Crippen LogP contribution >= 0.6 is 11.3 Å². The van der Waals surface area contributed by atoms with Crippen LogP contribution in [0.1, 0.15) is 33.4 Å². The van der Waals surface area contributed by atoms with Crippen molar-refractivity contribution >= 4 is 104 Å². The van der Waals surface area contributed by atoms with Crippen molar-refractivity contribution in [2.75, 3.05) is 0 Å². The Labute approximate surface area is 337 Å². The molecule has 0 fully saturated rings. The summed E-state index contributed by atoms with van der Waals surface area (Å²) in [6, 6.07) is 52.5. The van der Waals surface area contributed by atoms with E-state index < -0.39 is 0 Å². The summed E-state index contributed by atoms with van der Waals surface area (Å²) in [4.78, 5) is 5.49. The highest BCUT2D eigenvalue weighted by molar-refractivity contribution is 7.27. The lowest BCUT2D eigenvalue weighted by Crippen LogP contribution is -2.55. The molecule has 0 aliphatic heterocycles. The molecule has 0 N–H and O–H groups in total. The molecule has 0 atom stereocenters. The monoisotopic (exact) mass is 748 g/mol. The van der Waals surface area contributed by atoms with Crippen LogP contribution in [0.15, 0.2) is 140 Å². The van der Waals surface area contributed by atoms with Gasteiger partial charge in [-0.05, 0) is 110 Å². The van der Waals surface area contributed by atoms with Crippen LogP contribution in [0.2, 0.25) is 0 Å². The summed E-state index contributed by atoms with van der Waals surface area (Å²) >= 11 is 1.87. The zero-order valence-electron chi connectivity index (χ0n) is 33.2. The molecule has 0 unspecified atom stereocenters. The third-order valence-corrected chi connectivity index (χ3v) is 13.7. The second-order valence-corrected chi connectivity index (χ2v) is 17.4. The topological polar surface area (TPSA) is 17.3 Å². The molecule has 0 radical (unpaired) electrons. The van der Waals surface area contributed by atoms with Gasteiger partial charge in [0.15, 0.2) is 5.65 Å². The molecule has 11 rings (SSSR count). The Morgan fingerprint density at radius 3 is 1.68 bits per heavy atom. The van der Waals surface area contributed by atoms with Gasteiger partial charge in [-0.25, -0.2) is 4.98 Å². The average molecular weight is 749 g/mol. The zero-order valence-corrected chi connectivity index (χ0v) is 34.0. The number of aryl methyl sites for hydroxylation is 6. The van der Waals surface area contributed by atoms with Crippen molar-refractivity contribution in [1.82, 2.24) is 9.38 Å². The number of fused-ring (bicyclic) bond motifs is 11. The summed E-state index contributed by atoms with van der Waals surface area (Å²) in [7, 11) is 0. The molecule has 0 aliphatic rings. The molecule has 0 aliphatic carbocycles. The summed E-state index contributed by atoms with van der Waals surface area (Å²) < 4.78 is 4.97. The van der Waals surface area contributed by atoms with Crippen molar-refractivity contribution in [2.45, 2.75) is 41.5 Å². The van der Waals surface area contributed by atoms with Crippen LogP contribution in [0.5, 0.6) is 0 Å². The molecular formula is C53H41BN2S. The molecule has 11 aromatic rings. The first-order chi connectivity index (χ1) is 27.7. The van der Waals surface area contributed by atoms with Crippen LogP contribution < -0.4 is 16.4 Å². The Kier molecular flexibility index (Phi) is 7.55. The molecule has 272 valence electrons. The first-order valence-electron chi connectivity index (χ1n) is 20.0. The number of imidazole rings is 1. The number of hydrogen-bond donors (Lipinski definition) is 0. The SMILES string of the molecule is Cc1cc(C)c(B(c2ccc(-c3cc4c5ccc6ccccc6c5sc4c4nc5cc6cc7ccccc7cc6cc5n34)cc2)c2c(C)cc(C)cc2C)c(C)c1. The van der Waals surface area contributed by atoms with E-state index in [1.165, 1.54) is 108 Å². The Bertz CT molecular complexity index is 3370. The van der Waals surface area contributed by atoms with E-state index >= 15 is 0 Å². The number of benzene rings is 8. The predicted octanol–water partition coefficient (Wildman–Crippen LogP) is 12.3. The van der Waals surface area contributed by atoms with Gasteiger partial charge >= 0.3 is 0 Å². The van der Waals surface area contributed by atoms with Crippen molar-refractivity contribution in [3.63, 3.8) is 0 Å². The predicted molar refractivity (Wildman–Crippen MR) is 250 cm³/mol. The van der Waals surface area contributed by atoms with Crippen molar-refractivity contribution in [3.8, 4) is 11.3 Å². The van der Waals surface area contributed by atoms with Gasteiger partial charge in [-0.2, -0.15) is 0 Å². The molecular weight excluding hydrogens is 707 g/mol. The van der Waals surface area contributed by atoms with E-state index in [0.29, 0.717) is 0 Å². The minimum absolute atomic E-state index is 0.118. The number of nitrogens with zero attached hydrogens (tertiary/aromatic N) is 2. The summed E-state index contributed by atoms with van der Waals surface area (Å²) in [5.74, 6) is 0. The molecule has 57 heavy (non-hydrogen) atoms. The van der Waals surface area contributed by atoms with Gasteiger partial charge in [-0.3, -0.25) is 4.40 Å². The van der Waals surface area contributed by atoms with E-state index in [-0.39, 0.29) is 6.71 Å². The fourth-order valence-corrected chi connectivity index (χ4v) is 11.4. The maximum atomic E-state index is 5.49. The van der Waals surface area contributed by atoms with Crippen LogP contribution in [-0.4, -0.2) is 16.1 Å². The number of hydrogen-bond acceptors (Lipinski definition) is 2. The van der Waals surface area contributed by atoms with Gasteiger partial charge < -0.3 is 0 Å². The average Bonchev–Trinajstić information content (AvgIpc) is 3.76. The minimum atomic E-state index is 0.118. The largest absolute Gasteiger partial charge is 0.291 e. The standard InChI is InChI=1S/C53H41BN2S/c1-30-21-32(3)49(33(4)22-30)54(50-34(5)23-31(2)24-35(50)6)42-18-15-37(16-19-42)47-29-45-44-20-17-36-11-9-10-14-43(36)51(44)57-52(45)53-55-46-27-40-25-38-12-7-8-13-39(38)26-41(40)28-48(46)56(47)53/h7-29H,1-6H3. The van der Waals surface area contributed by atoms with Crippen molar-refractivity contribution in [1.29, 1.82) is 0 Å². The summed E-state index contributed by atoms with van der Waals surface area (Å²) in [5, 5.41) is 10.0. The number of thiophene rings is 1. The Balaban J connectivity index is 1.18. The molecule has 3 aromatic heterocycles. The Morgan fingerprint density at radius 1 is 0.474 bits per heavy atom. The molecule has 8 aromatic carbocycles. The zero-order chi connectivity index (χ0) is 38.7. The van der Waals surface area contributed by atoms with Crippen molar-refractivity contribution in [3.05, 3.63) is 173 Å². The van der Waals surface area contributed by atoms with Gasteiger partial charge in [0.25, 0.3) is 0 Å². The molecule has 4 heteroatoms. The van der Waals surface area contributed by atoms with E-state index in [9.17, 15) is 0 Å². The van der Waals surface area contributed by atoms with Gasteiger partial charge in [0.2, 0.25) is 6.71 Å². The molecule has 3 heterocycles. The van der Waals surface area contributed by atoms with Crippen molar-refractivity contribution in [2.24, 2.45) is 0 Å². The summed E-state index contributed by atoms with van der Waals surface area (Å²) in [6.07, 6.45) is 0. The lowest BCUT2D eigenvalue weighted by molar-refractivity contribution is 1.25. The van der Waals surface area contributed by atoms with Crippen LogP contribution in [0.3, 0.4) is 0 Å². The maximum Gasteiger partial charge on any atom is 0.242 e. The first kappa shape index (κ1) is 34.1. The van der Waals surface area contributed by atoms with Gasteiger partial charge in [0, 0.05) is 15.5 Å². The minimum Gasteiger partial charge on any atom is -0.291 e. The Hall–Kier alpha value is -6.23. The number of pyridine rings is 1. The number of aromatic nitrogens is 2. The van der Waals surface area contributed by atoms with Crippen LogP contribution in [0.25, 0.3) is 80.4 Å². The number of rotatable bonds is 4. The highest BCUT2D eigenvalue weighted by atomic mass is 32.1. The fourth-order valence-electron chi connectivity index (χ4n) is 10.1.